The maximum atomic E-state index is 12.5. The largest absolute Gasteiger partial charge is 0.491 e. The average Bonchev–Trinajstić information content (AvgIpc) is 2.73. The number of aromatic nitrogens is 1. The first-order valence-electron chi connectivity index (χ1n) is 9.91. The van der Waals surface area contributed by atoms with Crippen LogP contribution in [0.2, 0.25) is 0 Å². The van der Waals surface area contributed by atoms with Gasteiger partial charge in [0, 0.05) is 24.6 Å². The topological polar surface area (TPSA) is 63.2 Å². The number of carbonyl (C=O) groups is 1. The smallest absolute Gasteiger partial charge is 0.257 e. The summed E-state index contributed by atoms with van der Waals surface area (Å²) >= 11 is 0. The number of carbonyl (C=O) groups excluding carboxylic acids is 1. The third-order valence-corrected chi connectivity index (χ3v) is 4.30. The standard InChI is InChI=1S/C24H27N3O2/c1-18(2)29-23-12-10-21(11-13-23)27-24(28)20-15-22(17-25-16-20)26-14-6-9-19-7-4-3-5-8-19/h3-5,7-8,10-13,15-18,26H,6,9,14H2,1-2H3,(H,27,28). The summed E-state index contributed by atoms with van der Waals surface area (Å²) in [4.78, 5) is 16.7. The lowest BCUT2D eigenvalue weighted by atomic mass is 10.1. The van der Waals surface area contributed by atoms with Crippen LogP contribution in [0.25, 0.3) is 0 Å². The summed E-state index contributed by atoms with van der Waals surface area (Å²) in [6.07, 6.45) is 5.44. The molecular formula is C24H27N3O2. The van der Waals surface area contributed by atoms with Crippen molar-refractivity contribution in [3.63, 3.8) is 0 Å². The van der Waals surface area contributed by atoms with Crippen LogP contribution in [-0.2, 0) is 6.42 Å². The second kappa shape index (κ2) is 10.3. The van der Waals surface area contributed by atoms with Crippen molar-refractivity contribution in [2.24, 2.45) is 0 Å². The number of rotatable bonds is 9. The highest BCUT2D eigenvalue weighted by atomic mass is 16.5. The Morgan fingerprint density at radius 3 is 2.48 bits per heavy atom. The molecule has 5 heteroatoms. The maximum Gasteiger partial charge on any atom is 0.257 e. The van der Waals surface area contributed by atoms with Gasteiger partial charge in [-0.1, -0.05) is 30.3 Å². The van der Waals surface area contributed by atoms with Crippen LogP contribution in [0, 0.1) is 0 Å². The molecule has 0 radical (unpaired) electrons. The monoisotopic (exact) mass is 389 g/mol. The summed E-state index contributed by atoms with van der Waals surface area (Å²) < 4.78 is 5.62. The Kier molecular flexibility index (Phi) is 7.22. The summed E-state index contributed by atoms with van der Waals surface area (Å²) in [5.74, 6) is 0.587. The van der Waals surface area contributed by atoms with Gasteiger partial charge in [0.25, 0.3) is 5.91 Å². The fourth-order valence-electron chi connectivity index (χ4n) is 2.92. The third kappa shape index (κ3) is 6.64. The molecule has 0 aliphatic heterocycles. The predicted octanol–water partition coefficient (Wildman–Crippen LogP) is 5.17. The number of nitrogens with one attached hydrogen (secondary N) is 2. The Morgan fingerprint density at radius 2 is 1.76 bits per heavy atom. The van der Waals surface area contributed by atoms with Gasteiger partial charge in [-0.15, -0.1) is 0 Å². The third-order valence-electron chi connectivity index (χ3n) is 4.30. The van der Waals surface area contributed by atoms with E-state index in [-0.39, 0.29) is 12.0 Å². The number of hydrogen-bond donors (Lipinski definition) is 2. The van der Waals surface area contributed by atoms with E-state index >= 15 is 0 Å². The van der Waals surface area contributed by atoms with Gasteiger partial charge in [-0.3, -0.25) is 9.78 Å². The van der Waals surface area contributed by atoms with Crippen LogP contribution in [0.1, 0.15) is 36.2 Å². The summed E-state index contributed by atoms with van der Waals surface area (Å²) in [5, 5.41) is 6.23. The Labute approximate surface area is 172 Å². The van der Waals surface area contributed by atoms with Gasteiger partial charge >= 0.3 is 0 Å². The van der Waals surface area contributed by atoms with Crippen molar-refractivity contribution in [3.05, 3.63) is 84.2 Å². The van der Waals surface area contributed by atoms with E-state index in [0.29, 0.717) is 11.3 Å². The molecule has 0 aliphatic rings. The van der Waals surface area contributed by atoms with Crippen molar-refractivity contribution in [3.8, 4) is 5.75 Å². The fourth-order valence-corrected chi connectivity index (χ4v) is 2.92. The van der Waals surface area contributed by atoms with E-state index in [1.807, 2.05) is 50.2 Å². The molecular weight excluding hydrogens is 362 g/mol. The molecule has 1 aromatic heterocycles. The molecule has 0 unspecified atom stereocenters. The number of aryl methyl sites for hydroxylation is 1. The molecule has 2 N–H and O–H groups in total. The molecule has 3 rings (SSSR count). The molecule has 1 heterocycles. The average molecular weight is 389 g/mol. The zero-order valence-electron chi connectivity index (χ0n) is 16.9. The number of ether oxygens (including phenoxy) is 1. The quantitative estimate of drug-likeness (QED) is 0.496. The van der Waals surface area contributed by atoms with Gasteiger partial charge in [-0.05, 0) is 62.6 Å². The number of anilines is 2. The van der Waals surface area contributed by atoms with Crippen molar-refractivity contribution < 1.29 is 9.53 Å². The van der Waals surface area contributed by atoms with E-state index in [9.17, 15) is 4.79 Å². The van der Waals surface area contributed by atoms with Crippen LogP contribution in [0.3, 0.4) is 0 Å². The summed E-state index contributed by atoms with van der Waals surface area (Å²) in [5.41, 5.74) is 3.39. The van der Waals surface area contributed by atoms with Gasteiger partial charge in [-0.25, -0.2) is 0 Å². The van der Waals surface area contributed by atoms with Crippen LogP contribution < -0.4 is 15.4 Å². The van der Waals surface area contributed by atoms with E-state index in [4.69, 9.17) is 4.74 Å². The lowest BCUT2D eigenvalue weighted by molar-refractivity contribution is 0.102. The second-order valence-corrected chi connectivity index (χ2v) is 7.12. The zero-order chi connectivity index (χ0) is 20.5. The fraction of sp³-hybridized carbons (Fsp3) is 0.250. The lowest BCUT2D eigenvalue weighted by Crippen LogP contribution is -2.13. The zero-order valence-corrected chi connectivity index (χ0v) is 16.9. The second-order valence-electron chi connectivity index (χ2n) is 7.12. The molecule has 0 saturated heterocycles. The Balaban J connectivity index is 1.51. The molecule has 3 aromatic rings. The minimum Gasteiger partial charge on any atom is -0.491 e. The van der Waals surface area contributed by atoms with Crippen LogP contribution in [0.5, 0.6) is 5.75 Å². The van der Waals surface area contributed by atoms with Gasteiger partial charge in [-0.2, -0.15) is 0 Å². The molecule has 2 aromatic carbocycles. The summed E-state index contributed by atoms with van der Waals surface area (Å²) in [6.45, 7) is 4.77. The minimum atomic E-state index is -0.192. The van der Waals surface area contributed by atoms with Gasteiger partial charge in [0.05, 0.1) is 17.4 Å². The molecule has 0 bridgehead atoms. The van der Waals surface area contributed by atoms with Crippen LogP contribution in [0.15, 0.2) is 73.1 Å². The number of benzene rings is 2. The first kappa shape index (κ1) is 20.4. The highest BCUT2D eigenvalue weighted by Crippen LogP contribution is 2.18. The van der Waals surface area contributed by atoms with Crippen LogP contribution in [-0.4, -0.2) is 23.5 Å². The van der Waals surface area contributed by atoms with E-state index in [1.54, 1.807) is 12.4 Å². The van der Waals surface area contributed by atoms with Crippen molar-refractivity contribution in [1.82, 2.24) is 4.98 Å². The number of hydrogen-bond acceptors (Lipinski definition) is 4. The molecule has 150 valence electrons. The van der Waals surface area contributed by atoms with Crippen molar-refractivity contribution in [1.29, 1.82) is 0 Å². The Hall–Kier alpha value is -3.34. The highest BCUT2D eigenvalue weighted by Gasteiger charge is 2.08. The molecule has 1 amide bonds. The van der Waals surface area contributed by atoms with E-state index < -0.39 is 0 Å². The van der Waals surface area contributed by atoms with E-state index in [0.717, 1.165) is 30.8 Å². The summed E-state index contributed by atoms with van der Waals surface area (Å²) in [6, 6.07) is 19.6. The number of amides is 1. The van der Waals surface area contributed by atoms with Crippen molar-refractivity contribution in [2.75, 3.05) is 17.2 Å². The molecule has 0 fully saturated rings. The summed E-state index contributed by atoms with van der Waals surface area (Å²) in [7, 11) is 0. The molecule has 0 aliphatic carbocycles. The van der Waals surface area contributed by atoms with Crippen LogP contribution in [0.4, 0.5) is 11.4 Å². The molecule has 0 atom stereocenters. The van der Waals surface area contributed by atoms with Crippen LogP contribution >= 0.6 is 0 Å². The first-order valence-corrected chi connectivity index (χ1v) is 9.91. The van der Waals surface area contributed by atoms with Gasteiger partial charge in [0.1, 0.15) is 5.75 Å². The van der Waals surface area contributed by atoms with Gasteiger partial charge in [0.15, 0.2) is 0 Å². The van der Waals surface area contributed by atoms with E-state index in [1.165, 1.54) is 5.56 Å². The number of pyridine rings is 1. The van der Waals surface area contributed by atoms with Crippen molar-refractivity contribution in [2.45, 2.75) is 32.8 Å². The molecule has 0 spiro atoms. The first-order chi connectivity index (χ1) is 14.1. The SMILES string of the molecule is CC(C)Oc1ccc(NC(=O)c2cncc(NCCCc3ccccc3)c2)cc1. The number of nitrogens with zero attached hydrogens (tertiary/aromatic N) is 1. The Bertz CT molecular complexity index is 909. The molecule has 5 nitrogen and oxygen atoms in total. The normalized spacial score (nSPS) is 10.6. The van der Waals surface area contributed by atoms with Gasteiger partial charge in [0.2, 0.25) is 0 Å². The maximum absolute atomic E-state index is 12.5. The predicted molar refractivity (Wildman–Crippen MR) is 118 cm³/mol. The Morgan fingerprint density at radius 1 is 1.00 bits per heavy atom. The molecule has 0 saturated carbocycles. The minimum absolute atomic E-state index is 0.115. The van der Waals surface area contributed by atoms with E-state index in [2.05, 4.69) is 39.9 Å². The highest BCUT2D eigenvalue weighted by molar-refractivity contribution is 6.04. The lowest BCUT2D eigenvalue weighted by Gasteiger charge is -2.11. The molecule has 29 heavy (non-hydrogen) atoms. The van der Waals surface area contributed by atoms with Gasteiger partial charge < -0.3 is 15.4 Å². The van der Waals surface area contributed by atoms with Crippen molar-refractivity contribution >= 4 is 17.3 Å².